The lowest BCUT2D eigenvalue weighted by Gasteiger charge is -2.33. The van der Waals surface area contributed by atoms with Crippen molar-refractivity contribution in [1.29, 1.82) is 0 Å². The highest BCUT2D eigenvalue weighted by Gasteiger charge is 2.47. The number of benzene rings is 1. The van der Waals surface area contributed by atoms with Gasteiger partial charge < -0.3 is 19.8 Å². The zero-order valence-corrected chi connectivity index (χ0v) is 21.5. The molecule has 2 N–H and O–H groups in total. The van der Waals surface area contributed by atoms with E-state index in [1.165, 1.54) is 6.07 Å². The molecule has 11 nitrogen and oxygen atoms in total. The Bertz CT molecular complexity index is 1220. The highest BCUT2D eigenvalue weighted by atomic mass is 32.2. The van der Waals surface area contributed by atoms with Crippen molar-refractivity contribution < 1.29 is 32.4 Å². The minimum atomic E-state index is -4.02. The topological polar surface area (TPSA) is 150 Å². The molecule has 200 valence electrons. The number of rotatable bonds is 9. The van der Waals surface area contributed by atoms with Gasteiger partial charge in [-0.05, 0) is 31.2 Å². The van der Waals surface area contributed by atoms with Crippen LogP contribution in [0.15, 0.2) is 40.9 Å². The van der Waals surface area contributed by atoms with Crippen LogP contribution in [-0.2, 0) is 25.4 Å². The van der Waals surface area contributed by atoms with E-state index in [1.807, 2.05) is 0 Å². The van der Waals surface area contributed by atoms with Crippen LogP contribution in [0.1, 0.15) is 60.3 Å². The molecule has 1 aliphatic heterocycles. The molecule has 2 atom stereocenters. The number of aryl methyl sites for hydroxylation is 1. The van der Waals surface area contributed by atoms with Gasteiger partial charge in [0.15, 0.2) is 11.9 Å². The van der Waals surface area contributed by atoms with Crippen molar-refractivity contribution in [2.75, 3.05) is 13.1 Å². The predicted molar refractivity (Wildman–Crippen MR) is 133 cm³/mol. The fourth-order valence-corrected chi connectivity index (χ4v) is 6.84. The normalized spacial score (nSPS) is 20.0. The molecule has 0 spiro atoms. The molecule has 0 radical (unpaired) electrons. The van der Waals surface area contributed by atoms with Gasteiger partial charge in [0.1, 0.15) is 5.76 Å². The number of carboxylic acids is 1. The maximum Gasteiger partial charge on any atom is 0.305 e. The van der Waals surface area contributed by atoms with Crippen molar-refractivity contribution in [2.45, 2.75) is 63.4 Å². The number of nitrogens with one attached hydrogen (secondary N) is 1. The first-order valence-electron chi connectivity index (χ1n) is 12.5. The van der Waals surface area contributed by atoms with Crippen LogP contribution in [0.3, 0.4) is 0 Å². The maximum absolute atomic E-state index is 13.7. The van der Waals surface area contributed by atoms with Crippen molar-refractivity contribution >= 4 is 27.8 Å². The van der Waals surface area contributed by atoms with Gasteiger partial charge >= 0.3 is 5.97 Å². The van der Waals surface area contributed by atoms with Crippen LogP contribution in [0.2, 0.25) is 0 Å². The van der Waals surface area contributed by atoms with Crippen molar-refractivity contribution in [3.8, 4) is 0 Å². The highest BCUT2D eigenvalue weighted by Crippen LogP contribution is 2.29. The Morgan fingerprint density at radius 2 is 1.84 bits per heavy atom. The Labute approximate surface area is 215 Å². The second-order valence-electron chi connectivity index (χ2n) is 9.66. The summed E-state index contributed by atoms with van der Waals surface area (Å²) in [5.41, 5.74) is 0.511. The molecular formula is C25H32N4O7S. The largest absolute Gasteiger partial charge is 0.481 e. The van der Waals surface area contributed by atoms with E-state index in [9.17, 15) is 27.9 Å². The Balaban J connectivity index is 1.63. The third-order valence-electron chi connectivity index (χ3n) is 6.96. The van der Waals surface area contributed by atoms with E-state index in [-0.39, 0.29) is 36.9 Å². The number of carbonyl (C=O) groups excluding carboxylic acids is 2. The average molecular weight is 533 g/mol. The first-order chi connectivity index (χ1) is 17.7. The second kappa shape index (κ2) is 11.4. The fourth-order valence-electron chi connectivity index (χ4n) is 5.18. The van der Waals surface area contributed by atoms with E-state index in [1.54, 1.807) is 37.3 Å². The van der Waals surface area contributed by atoms with Crippen molar-refractivity contribution in [3.05, 3.63) is 53.4 Å². The fraction of sp³-hybridized carbons (Fsp3) is 0.520. The summed E-state index contributed by atoms with van der Waals surface area (Å²) < 4.78 is 33.0. The summed E-state index contributed by atoms with van der Waals surface area (Å²) in [5.74, 6) is -2.39. The van der Waals surface area contributed by atoms with Gasteiger partial charge in [-0.3, -0.25) is 14.4 Å². The SMILES string of the molecule is Cc1cc(C(=O)N2CCN(S(=O)(=O)Cc3ccccc3)C2C(=O)NC(CC(=O)O)C2CCCCC2)no1. The number of sulfonamides is 1. The van der Waals surface area contributed by atoms with Gasteiger partial charge in [0.2, 0.25) is 10.0 Å². The van der Waals surface area contributed by atoms with Crippen LogP contribution in [0.25, 0.3) is 0 Å². The summed E-state index contributed by atoms with van der Waals surface area (Å²) in [7, 11) is -4.02. The summed E-state index contributed by atoms with van der Waals surface area (Å²) in [4.78, 5) is 39.7. The third-order valence-corrected chi connectivity index (χ3v) is 8.76. The summed E-state index contributed by atoms with van der Waals surface area (Å²) >= 11 is 0. The predicted octanol–water partition coefficient (Wildman–Crippen LogP) is 2.14. The quantitative estimate of drug-likeness (QED) is 0.499. The number of aliphatic carboxylic acids is 1. The molecule has 2 heterocycles. The Morgan fingerprint density at radius 1 is 1.14 bits per heavy atom. The number of carboxylic acid groups (broad SMARTS) is 1. The van der Waals surface area contributed by atoms with E-state index in [0.29, 0.717) is 11.3 Å². The molecule has 1 saturated heterocycles. The third kappa shape index (κ3) is 6.37. The first kappa shape index (κ1) is 26.8. The van der Waals surface area contributed by atoms with E-state index >= 15 is 0 Å². The zero-order chi connectivity index (χ0) is 26.6. The Hall–Kier alpha value is -3.25. The molecule has 2 aromatic rings. The molecule has 1 aliphatic carbocycles. The van der Waals surface area contributed by atoms with Crippen molar-refractivity contribution in [2.24, 2.45) is 5.92 Å². The molecule has 1 aromatic heterocycles. The molecule has 1 saturated carbocycles. The van der Waals surface area contributed by atoms with Gasteiger partial charge in [-0.1, -0.05) is 54.8 Å². The lowest BCUT2D eigenvalue weighted by Crippen LogP contribution is -2.57. The van der Waals surface area contributed by atoms with Crippen LogP contribution < -0.4 is 5.32 Å². The Kier molecular flexibility index (Phi) is 8.28. The van der Waals surface area contributed by atoms with Crippen molar-refractivity contribution in [3.63, 3.8) is 0 Å². The molecular weight excluding hydrogens is 500 g/mol. The molecule has 0 bridgehead atoms. The first-order valence-corrected chi connectivity index (χ1v) is 14.1. The minimum Gasteiger partial charge on any atom is -0.481 e. The van der Waals surface area contributed by atoms with E-state index < -0.39 is 40.0 Å². The summed E-state index contributed by atoms with van der Waals surface area (Å²) in [6.07, 6.45) is 2.73. The highest BCUT2D eigenvalue weighted by molar-refractivity contribution is 7.88. The van der Waals surface area contributed by atoms with Gasteiger partial charge in [-0.15, -0.1) is 0 Å². The van der Waals surface area contributed by atoms with Gasteiger partial charge in [0.05, 0.1) is 12.2 Å². The average Bonchev–Trinajstić information content (AvgIpc) is 3.51. The lowest BCUT2D eigenvalue weighted by molar-refractivity contribution is -0.138. The van der Waals surface area contributed by atoms with E-state index in [4.69, 9.17) is 4.52 Å². The summed E-state index contributed by atoms with van der Waals surface area (Å²) in [6.45, 7) is 1.52. The van der Waals surface area contributed by atoms with Crippen LogP contribution in [0, 0.1) is 12.8 Å². The maximum atomic E-state index is 13.7. The number of hydrogen-bond acceptors (Lipinski definition) is 7. The molecule has 37 heavy (non-hydrogen) atoms. The van der Waals surface area contributed by atoms with Gasteiger partial charge in [0.25, 0.3) is 11.8 Å². The van der Waals surface area contributed by atoms with Crippen LogP contribution in [-0.4, -0.2) is 71.0 Å². The van der Waals surface area contributed by atoms with Gasteiger partial charge in [-0.2, -0.15) is 4.31 Å². The molecule has 12 heteroatoms. The second-order valence-corrected chi connectivity index (χ2v) is 11.6. The monoisotopic (exact) mass is 532 g/mol. The van der Waals surface area contributed by atoms with Crippen LogP contribution in [0.4, 0.5) is 0 Å². The van der Waals surface area contributed by atoms with Crippen LogP contribution >= 0.6 is 0 Å². The molecule has 2 fully saturated rings. The van der Waals surface area contributed by atoms with Gasteiger partial charge in [-0.25, -0.2) is 8.42 Å². The van der Waals surface area contributed by atoms with Crippen molar-refractivity contribution in [1.82, 2.24) is 19.7 Å². The van der Waals surface area contributed by atoms with Gasteiger partial charge in [0, 0.05) is 25.2 Å². The molecule has 2 amide bonds. The zero-order valence-electron chi connectivity index (χ0n) is 20.7. The summed E-state index contributed by atoms with van der Waals surface area (Å²) in [6, 6.07) is 9.33. The number of amides is 2. The van der Waals surface area contributed by atoms with E-state index in [2.05, 4.69) is 10.5 Å². The number of hydrogen-bond donors (Lipinski definition) is 2. The van der Waals surface area contributed by atoms with Crippen LogP contribution in [0.5, 0.6) is 0 Å². The standard InChI is InChI=1S/C25H32N4O7S/c1-17-14-21(27-36-17)25(33)28-12-13-29(37(34,35)16-18-8-4-2-5-9-18)24(28)23(32)26-20(15-22(30)31)19-10-6-3-7-11-19/h2,4-5,8-9,14,19-20,24H,3,6-7,10-13,15-16H2,1H3,(H,26,32)(H,30,31). The van der Waals surface area contributed by atoms with E-state index in [0.717, 1.165) is 41.3 Å². The molecule has 2 unspecified atom stereocenters. The number of carbonyl (C=O) groups is 3. The number of nitrogens with zero attached hydrogens (tertiary/aromatic N) is 3. The molecule has 4 rings (SSSR count). The number of aromatic nitrogens is 1. The summed E-state index contributed by atoms with van der Waals surface area (Å²) in [5, 5.41) is 16.0. The minimum absolute atomic E-state index is 0.0239. The Morgan fingerprint density at radius 3 is 2.46 bits per heavy atom. The smallest absolute Gasteiger partial charge is 0.305 e. The lowest BCUT2D eigenvalue weighted by atomic mass is 9.82. The molecule has 2 aliphatic rings. The molecule has 1 aromatic carbocycles.